The highest BCUT2D eigenvalue weighted by Crippen LogP contribution is 2.24. The number of carbonyl (C=O) groups is 1. The Kier molecular flexibility index (Phi) is 3.03. The van der Waals surface area contributed by atoms with Gasteiger partial charge in [-0.2, -0.15) is 15.4 Å². The van der Waals surface area contributed by atoms with Crippen LogP contribution in [0.1, 0.15) is 10.4 Å². The molecule has 0 aliphatic rings. The summed E-state index contributed by atoms with van der Waals surface area (Å²) in [5.41, 5.74) is 1.51. The van der Waals surface area contributed by atoms with Crippen molar-refractivity contribution in [3.8, 4) is 0 Å². The molecule has 0 fully saturated rings. The van der Waals surface area contributed by atoms with E-state index in [4.69, 9.17) is 0 Å². The monoisotopic (exact) mass is 283 g/mol. The summed E-state index contributed by atoms with van der Waals surface area (Å²) in [5, 5.41) is 23.7. The fraction of sp³-hybridized carbons (Fsp3) is 0. The summed E-state index contributed by atoms with van der Waals surface area (Å²) >= 11 is 0. The number of nitrogens with zero attached hydrogens (tertiary/aromatic N) is 3. The third-order valence-corrected chi connectivity index (χ3v) is 2.93. The Morgan fingerprint density at radius 3 is 2.71 bits per heavy atom. The molecule has 2 aromatic carbocycles. The molecule has 3 aromatic rings. The lowest BCUT2D eigenvalue weighted by atomic mass is 10.1. The minimum Gasteiger partial charge on any atom is -0.316 e. The lowest BCUT2D eigenvalue weighted by Gasteiger charge is -2.05. The van der Waals surface area contributed by atoms with E-state index >= 15 is 0 Å². The van der Waals surface area contributed by atoms with Crippen LogP contribution in [-0.4, -0.2) is 26.2 Å². The van der Waals surface area contributed by atoms with E-state index in [0.717, 1.165) is 0 Å². The van der Waals surface area contributed by atoms with E-state index in [2.05, 4.69) is 20.7 Å². The highest BCUT2D eigenvalue weighted by molar-refractivity contribution is 6.06. The van der Waals surface area contributed by atoms with Gasteiger partial charge in [0.2, 0.25) is 0 Å². The van der Waals surface area contributed by atoms with Gasteiger partial charge in [0, 0.05) is 11.6 Å². The summed E-state index contributed by atoms with van der Waals surface area (Å²) < 4.78 is 0. The topological polar surface area (TPSA) is 114 Å². The molecule has 0 unspecified atom stereocenters. The van der Waals surface area contributed by atoms with Crippen molar-refractivity contribution in [1.29, 1.82) is 0 Å². The molecule has 8 heteroatoms. The number of aromatic amines is 1. The third kappa shape index (κ3) is 2.41. The van der Waals surface area contributed by atoms with Crippen LogP contribution in [0.4, 0.5) is 11.4 Å². The number of hydrogen-bond donors (Lipinski definition) is 2. The van der Waals surface area contributed by atoms with Crippen molar-refractivity contribution in [2.24, 2.45) is 0 Å². The normalized spacial score (nSPS) is 10.5. The molecule has 0 saturated heterocycles. The van der Waals surface area contributed by atoms with Crippen LogP contribution in [0.25, 0.3) is 11.0 Å². The van der Waals surface area contributed by atoms with Crippen LogP contribution < -0.4 is 5.32 Å². The average molecular weight is 283 g/mol. The average Bonchev–Trinajstić information content (AvgIpc) is 2.94. The summed E-state index contributed by atoms with van der Waals surface area (Å²) in [7, 11) is 0. The number of fused-ring (bicyclic) bond motifs is 1. The number of hydrogen-bond acceptors (Lipinski definition) is 5. The van der Waals surface area contributed by atoms with Crippen molar-refractivity contribution < 1.29 is 9.72 Å². The van der Waals surface area contributed by atoms with Crippen molar-refractivity contribution in [3.63, 3.8) is 0 Å². The van der Waals surface area contributed by atoms with Gasteiger partial charge in [-0.15, -0.1) is 0 Å². The first kappa shape index (κ1) is 12.7. The smallest absolute Gasteiger partial charge is 0.292 e. The number of nitrogens with one attached hydrogen (secondary N) is 2. The quantitative estimate of drug-likeness (QED) is 0.564. The number of benzene rings is 2. The summed E-state index contributed by atoms with van der Waals surface area (Å²) in [4.78, 5) is 22.5. The Balaban J connectivity index is 1.91. The molecule has 8 nitrogen and oxygen atoms in total. The predicted octanol–water partition coefficient (Wildman–Crippen LogP) is 2.12. The van der Waals surface area contributed by atoms with Gasteiger partial charge in [0.15, 0.2) is 0 Å². The Hall–Kier alpha value is -3.29. The van der Waals surface area contributed by atoms with Gasteiger partial charge in [-0.1, -0.05) is 12.1 Å². The number of aromatic nitrogens is 3. The first-order chi connectivity index (χ1) is 10.1. The van der Waals surface area contributed by atoms with Gasteiger partial charge in [0.05, 0.1) is 4.92 Å². The van der Waals surface area contributed by atoms with Gasteiger partial charge in [0.25, 0.3) is 11.6 Å². The lowest BCUT2D eigenvalue weighted by molar-refractivity contribution is -0.383. The first-order valence-corrected chi connectivity index (χ1v) is 6.00. The molecule has 3 rings (SSSR count). The van der Waals surface area contributed by atoms with E-state index < -0.39 is 10.8 Å². The van der Waals surface area contributed by atoms with Gasteiger partial charge in [-0.3, -0.25) is 14.9 Å². The SMILES string of the molecule is O=C(Nc1ccccc1[N+](=O)[O-])c1ccc2n[nH]nc2c1. The molecule has 1 amide bonds. The van der Waals surface area contributed by atoms with Crippen molar-refractivity contribution in [2.45, 2.75) is 0 Å². The lowest BCUT2D eigenvalue weighted by Crippen LogP contribution is -2.13. The molecule has 0 aliphatic carbocycles. The van der Waals surface area contributed by atoms with Gasteiger partial charge < -0.3 is 5.32 Å². The maximum Gasteiger partial charge on any atom is 0.292 e. The molecule has 0 bridgehead atoms. The van der Waals surface area contributed by atoms with E-state index in [1.807, 2.05) is 0 Å². The Labute approximate surface area is 117 Å². The number of nitro groups is 1. The van der Waals surface area contributed by atoms with Crippen LogP contribution in [0.5, 0.6) is 0 Å². The second-order valence-electron chi connectivity index (χ2n) is 4.26. The molecule has 104 valence electrons. The standard InChI is InChI=1S/C13H9N5O3/c19-13(8-5-6-9-11(7-8)16-17-15-9)14-10-3-1-2-4-12(10)18(20)21/h1-7H,(H,14,19)(H,15,16,17). The number of amides is 1. The Bertz CT molecular complexity index is 842. The van der Waals surface area contributed by atoms with Crippen molar-refractivity contribution in [1.82, 2.24) is 15.4 Å². The zero-order chi connectivity index (χ0) is 14.8. The van der Waals surface area contributed by atoms with Gasteiger partial charge >= 0.3 is 0 Å². The molecule has 1 heterocycles. The number of anilines is 1. The van der Waals surface area contributed by atoms with Crippen LogP contribution in [0.3, 0.4) is 0 Å². The van der Waals surface area contributed by atoms with E-state index in [9.17, 15) is 14.9 Å². The second kappa shape index (κ2) is 5.00. The predicted molar refractivity (Wildman–Crippen MR) is 74.9 cm³/mol. The van der Waals surface area contributed by atoms with Crippen LogP contribution in [0, 0.1) is 10.1 Å². The maximum absolute atomic E-state index is 12.2. The highest BCUT2D eigenvalue weighted by atomic mass is 16.6. The van der Waals surface area contributed by atoms with Crippen LogP contribution in [0.15, 0.2) is 42.5 Å². The van der Waals surface area contributed by atoms with E-state index in [1.165, 1.54) is 18.2 Å². The molecule has 0 atom stereocenters. The maximum atomic E-state index is 12.2. The number of para-hydroxylation sites is 2. The third-order valence-electron chi connectivity index (χ3n) is 2.93. The Morgan fingerprint density at radius 1 is 1.14 bits per heavy atom. The summed E-state index contributed by atoms with van der Waals surface area (Å²) in [6.07, 6.45) is 0. The van der Waals surface area contributed by atoms with Gasteiger partial charge in [-0.05, 0) is 24.3 Å². The van der Waals surface area contributed by atoms with Crippen molar-refractivity contribution >= 4 is 28.3 Å². The molecule has 0 spiro atoms. The molecular weight excluding hydrogens is 274 g/mol. The number of nitro benzene ring substituents is 1. The minimum atomic E-state index is -0.545. The summed E-state index contributed by atoms with van der Waals surface area (Å²) in [6, 6.07) is 10.7. The molecule has 1 aromatic heterocycles. The fourth-order valence-corrected chi connectivity index (χ4v) is 1.91. The largest absolute Gasteiger partial charge is 0.316 e. The van der Waals surface area contributed by atoms with Crippen molar-refractivity contribution in [2.75, 3.05) is 5.32 Å². The minimum absolute atomic E-state index is 0.146. The molecule has 0 saturated carbocycles. The molecule has 0 radical (unpaired) electrons. The zero-order valence-electron chi connectivity index (χ0n) is 10.6. The second-order valence-corrected chi connectivity index (χ2v) is 4.26. The van der Waals surface area contributed by atoms with E-state index in [-0.39, 0.29) is 11.4 Å². The summed E-state index contributed by atoms with van der Waals surface area (Å²) in [5.74, 6) is -0.450. The fourth-order valence-electron chi connectivity index (χ4n) is 1.91. The molecular formula is C13H9N5O3. The summed E-state index contributed by atoms with van der Waals surface area (Å²) in [6.45, 7) is 0. The van der Waals surface area contributed by atoms with Crippen molar-refractivity contribution in [3.05, 3.63) is 58.1 Å². The number of H-pyrrole nitrogens is 1. The number of rotatable bonds is 3. The van der Waals surface area contributed by atoms with Gasteiger partial charge in [0.1, 0.15) is 16.7 Å². The zero-order valence-corrected chi connectivity index (χ0v) is 10.6. The molecule has 2 N–H and O–H groups in total. The Morgan fingerprint density at radius 2 is 1.90 bits per heavy atom. The van der Waals surface area contributed by atoms with Crippen LogP contribution >= 0.6 is 0 Å². The van der Waals surface area contributed by atoms with E-state index in [0.29, 0.717) is 16.6 Å². The van der Waals surface area contributed by atoms with Gasteiger partial charge in [-0.25, -0.2) is 0 Å². The van der Waals surface area contributed by atoms with Crippen LogP contribution in [0.2, 0.25) is 0 Å². The highest BCUT2D eigenvalue weighted by Gasteiger charge is 2.16. The first-order valence-electron chi connectivity index (χ1n) is 6.00. The molecule has 0 aliphatic heterocycles. The van der Waals surface area contributed by atoms with Crippen LogP contribution in [-0.2, 0) is 0 Å². The van der Waals surface area contributed by atoms with E-state index in [1.54, 1.807) is 24.3 Å². The number of carbonyl (C=O) groups excluding carboxylic acids is 1. The molecule has 21 heavy (non-hydrogen) atoms.